The standard InChI is InChI=1S/C21H32N2O5S2/c1-21(2,3)28-20(25)22-13-19(24)23-18-8-6-5-7-15(18)14-30(26,27)17-11-9-16(29-4)10-12-17/h9-12,15,18H,5-8,13-14H2,1-4H3,(H,22,25)(H,23,24)/t15-,18-/m0/s1. The summed E-state index contributed by atoms with van der Waals surface area (Å²) >= 11 is 1.56. The molecule has 0 aromatic heterocycles. The van der Waals surface area contributed by atoms with E-state index in [1.54, 1.807) is 56.8 Å². The summed E-state index contributed by atoms with van der Waals surface area (Å²) in [6, 6.07) is 6.66. The van der Waals surface area contributed by atoms with Crippen molar-refractivity contribution in [2.24, 2.45) is 5.92 Å². The molecule has 9 heteroatoms. The zero-order valence-corrected chi connectivity index (χ0v) is 19.7. The van der Waals surface area contributed by atoms with Gasteiger partial charge in [0.2, 0.25) is 5.91 Å². The van der Waals surface area contributed by atoms with Crippen LogP contribution in [0.5, 0.6) is 0 Å². The second-order valence-corrected chi connectivity index (χ2v) is 11.4. The third-order valence-electron chi connectivity index (χ3n) is 4.90. The van der Waals surface area contributed by atoms with Crippen LogP contribution in [0.25, 0.3) is 0 Å². The maximum atomic E-state index is 12.9. The van der Waals surface area contributed by atoms with Gasteiger partial charge in [0.1, 0.15) is 12.1 Å². The Morgan fingerprint density at radius 3 is 2.37 bits per heavy atom. The van der Waals surface area contributed by atoms with Crippen molar-refractivity contribution in [3.63, 3.8) is 0 Å². The van der Waals surface area contributed by atoms with Gasteiger partial charge in [-0.3, -0.25) is 4.79 Å². The Morgan fingerprint density at radius 2 is 1.77 bits per heavy atom. The highest BCUT2D eigenvalue weighted by Crippen LogP contribution is 2.28. The summed E-state index contributed by atoms with van der Waals surface area (Å²) in [5.74, 6) is -0.510. The van der Waals surface area contributed by atoms with Gasteiger partial charge >= 0.3 is 6.09 Å². The van der Waals surface area contributed by atoms with Crippen molar-refractivity contribution in [2.45, 2.75) is 67.9 Å². The molecule has 0 unspecified atom stereocenters. The summed E-state index contributed by atoms with van der Waals surface area (Å²) < 4.78 is 30.9. The number of rotatable bonds is 7. The molecule has 0 bridgehead atoms. The van der Waals surface area contributed by atoms with Crippen molar-refractivity contribution in [3.05, 3.63) is 24.3 Å². The Hall–Kier alpha value is -1.74. The van der Waals surface area contributed by atoms with Crippen LogP contribution >= 0.6 is 11.8 Å². The van der Waals surface area contributed by atoms with Crippen molar-refractivity contribution >= 4 is 33.6 Å². The molecule has 7 nitrogen and oxygen atoms in total. The molecule has 1 fully saturated rings. The van der Waals surface area contributed by atoms with E-state index < -0.39 is 21.5 Å². The molecule has 1 aromatic rings. The predicted octanol–water partition coefficient (Wildman–Crippen LogP) is 3.38. The zero-order valence-electron chi connectivity index (χ0n) is 18.1. The Labute approximate surface area is 183 Å². The number of alkyl carbamates (subject to hydrolysis) is 1. The van der Waals surface area contributed by atoms with Gasteiger partial charge in [0, 0.05) is 10.9 Å². The van der Waals surface area contributed by atoms with Crippen LogP contribution in [-0.4, -0.2) is 50.6 Å². The van der Waals surface area contributed by atoms with Crippen LogP contribution in [0.1, 0.15) is 46.5 Å². The number of ether oxygens (including phenoxy) is 1. The van der Waals surface area contributed by atoms with E-state index in [1.165, 1.54) is 0 Å². The molecule has 2 atom stereocenters. The fourth-order valence-electron chi connectivity index (χ4n) is 3.48. The fourth-order valence-corrected chi connectivity index (χ4v) is 5.60. The Morgan fingerprint density at radius 1 is 1.13 bits per heavy atom. The summed E-state index contributed by atoms with van der Waals surface area (Å²) in [4.78, 5) is 25.3. The van der Waals surface area contributed by atoms with E-state index in [0.717, 1.165) is 30.6 Å². The van der Waals surface area contributed by atoms with Crippen molar-refractivity contribution in [1.82, 2.24) is 10.6 Å². The first-order valence-corrected chi connectivity index (χ1v) is 13.0. The highest BCUT2D eigenvalue weighted by Gasteiger charge is 2.31. The lowest BCUT2D eigenvalue weighted by molar-refractivity contribution is -0.121. The van der Waals surface area contributed by atoms with Gasteiger partial charge in [0.25, 0.3) is 0 Å². The lowest BCUT2D eigenvalue weighted by Crippen LogP contribution is -2.48. The molecule has 0 aliphatic heterocycles. The van der Waals surface area contributed by atoms with E-state index in [1.807, 2.05) is 6.26 Å². The number of nitrogens with one attached hydrogen (secondary N) is 2. The zero-order chi connectivity index (χ0) is 22.4. The number of hydrogen-bond donors (Lipinski definition) is 2. The summed E-state index contributed by atoms with van der Waals surface area (Å²) in [6.07, 6.45) is 4.62. The topological polar surface area (TPSA) is 102 Å². The smallest absolute Gasteiger partial charge is 0.408 e. The minimum Gasteiger partial charge on any atom is -0.444 e. The van der Waals surface area contributed by atoms with Gasteiger partial charge in [-0.25, -0.2) is 13.2 Å². The summed E-state index contributed by atoms with van der Waals surface area (Å²) in [5, 5.41) is 5.34. The maximum absolute atomic E-state index is 12.9. The quantitative estimate of drug-likeness (QED) is 0.610. The predicted molar refractivity (Wildman–Crippen MR) is 118 cm³/mol. The monoisotopic (exact) mass is 456 g/mol. The van der Waals surface area contributed by atoms with Crippen LogP contribution in [0, 0.1) is 5.92 Å². The summed E-state index contributed by atoms with van der Waals surface area (Å²) in [7, 11) is -3.45. The van der Waals surface area contributed by atoms with Gasteiger partial charge < -0.3 is 15.4 Å². The largest absolute Gasteiger partial charge is 0.444 e. The van der Waals surface area contributed by atoms with E-state index in [9.17, 15) is 18.0 Å². The van der Waals surface area contributed by atoms with Gasteiger partial charge in [0.05, 0.1) is 10.6 Å². The molecule has 30 heavy (non-hydrogen) atoms. The highest BCUT2D eigenvalue weighted by atomic mass is 32.2. The average Bonchev–Trinajstić information content (AvgIpc) is 2.66. The van der Waals surface area contributed by atoms with E-state index in [-0.39, 0.29) is 30.2 Å². The van der Waals surface area contributed by atoms with Crippen LogP contribution < -0.4 is 10.6 Å². The molecule has 0 heterocycles. The van der Waals surface area contributed by atoms with Crippen LogP contribution in [0.4, 0.5) is 4.79 Å². The van der Waals surface area contributed by atoms with E-state index in [0.29, 0.717) is 4.90 Å². The minimum absolute atomic E-state index is 0.00391. The Kier molecular flexibility index (Phi) is 8.61. The number of sulfone groups is 1. The number of carbonyl (C=O) groups is 2. The molecule has 1 aliphatic carbocycles. The molecular formula is C21H32N2O5S2. The first-order chi connectivity index (χ1) is 14.0. The second-order valence-electron chi connectivity index (χ2n) is 8.53. The lowest BCUT2D eigenvalue weighted by Gasteiger charge is -2.32. The average molecular weight is 457 g/mol. The summed E-state index contributed by atoms with van der Waals surface area (Å²) in [5.41, 5.74) is -0.641. The molecule has 1 aromatic carbocycles. The number of thioether (sulfide) groups is 1. The Balaban J connectivity index is 1.95. The van der Waals surface area contributed by atoms with Crippen molar-refractivity contribution in [2.75, 3.05) is 18.6 Å². The molecule has 2 rings (SSSR count). The molecule has 1 saturated carbocycles. The molecule has 0 saturated heterocycles. The molecule has 2 amide bonds. The number of benzene rings is 1. The van der Waals surface area contributed by atoms with Gasteiger partial charge in [-0.1, -0.05) is 12.8 Å². The van der Waals surface area contributed by atoms with Crippen molar-refractivity contribution in [1.29, 1.82) is 0 Å². The fraction of sp³-hybridized carbons (Fsp3) is 0.619. The molecule has 2 N–H and O–H groups in total. The molecular weight excluding hydrogens is 424 g/mol. The normalized spacial score (nSPS) is 19.7. The second kappa shape index (κ2) is 10.5. The van der Waals surface area contributed by atoms with E-state index in [2.05, 4.69) is 10.6 Å². The third kappa shape index (κ3) is 7.83. The SMILES string of the molecule is CSc1ccc(S(=O)(=O)C[C@@H]2CCCC[C@@H]2NC(=O)CNC(=O)OC(C)(C)C)cc1. The maximum Gasteiger partial charge on any atom is 0.408 e. The molecule has 0 spiro atoms. The number of hydrogen-bond acceptors (Lipinski definition) is 6. The highest BCUT2D eigenvalue weighted by molar-refractivity contribution is 7.98. The molecule has 168 valence electrons. The first-order valence-electron chi connectivity index (χ1n) is 10.1. The summed E-state index contributed by atoms with van der Waals surface area (Å²) in [6.45, 7) is 5.03. The van der Waals surface area contributed by atoms with Crippen LogP contribution in [0.15, 0.2) is 34.1 Å². The lowest BCUT2D eigenvalue weighted by atomic mass is 9.86. The van der Waals surface area contributed by atoms with Crippen LogP contribution in [-0.2, 0) is 19.4 Å². The van der Waals surface area contributed by atoms with Gasteiger partial charge in [-0.05, 0) is 70.1 Å². The number of amides is 2. The van der Waals surface area contributed by atoms with E-state index in [4.69, 9.17) is 4.74 Å². The third-order valence-corrected chi connectivity index (χ3v) is 7.50. The number of carbonyl (C=O) groups excluding carboxylic acids is 2. The van der Waals surface area contributed by atoms with Crippen molar-refractivity contribution < 1.29 is 22.7 Å². The van der Waals surface area contributed by atoms with E-state index >= 15 is 0 Å². The molecule has 0 radical (unpaired) electrons. The minimum atomic E-state index is -3.45. The first kappa shape index (κ1) is 24.5. The Bertz CT molecular complexity index is 832. The van der Waals surface area contributed by atoms with Gasteiger partial charge in [0.15, 0.2) is 9.84 Å². The van der Waals surface area contributed by atoms with Crippen molar-refractivity contribution in [3.8, 4) is 0 Å². The van der Waals surface area contributed by atoms with Crippen LogP contribution in [0.2, 0.25) is 0 Å². The van der Waals surface area contributed by atoms with Crippen LogP contribution in [0.3, 0.4) is 0 Å². The van der Waals surface area contributed by atoms with Gasteiger partial charge in [-0.2, -0.15) is 0 Å². The molecule has 1 aliphatic rings. The van der Waals surface area contributed by atoms with Gasteiger partial charge in [-0.15, -0.1) is 11.8 Å².